The second-order valence-corrected chi connectivity index (χ2v) is 38.2. The second-order valence-electron chi connectivity index (χ2n) is 30.8. The van der Waals surface area contributed by atoms with Crippen molar-refractivity contribution in [3.8, 4) is 34.5 Å². The van der Waals surface area contributed by atoms with E-state index in [4.69, 9.17) is 74.1 Å². The molecule has 1 heterocycles. The number of halogens is 3. The Labute approximate surface area is 863 Å². The lowest BCUT2D eigenvalue weighted by molar-refractivity contribution is 0.162. The Morgan fingerprint density at radius 3 is 0.702 bits per heavy atom. The molecule has 0 aromatic heterocycles. The number of benzene rings is 12. The van der Waals surface area contributed by atoms with E-state index in [1.807, 2.05) is 107 Å². The van der Waals surface area contributed by atoms with E-state index >= 15 is 0 Å². The average molecular weight is 2190 g/mol. The number of ether oxygens (including phenoxy) is 8. The number of hydrogen-bond acceptors (Lipinski definition) is 22. The highest BCUT2D eigenvalue weighted by molar-refractivity contribution is 9.09. The van der Waals surface area contributed by atoms with Crippen LogP contribution >= 0.6 is 80.3 Å². The summed E-state index contributed by atoms with van der Waals surface area (Å²) in [6, 6.07) is 93.0. The van der Waals surface area contributed by atoms with Crippen molar-refractivity contribution in [2.45, 2.75) is 110 Å². The Kier molecular flexibility index (Phi) is 53.9. The molecule has 12 aromatic rings. The largest absolute Gasteiger partial charge is 0.497 e. The summed E-state index contributed by atoms with van der Waals surface area (Å²) in [5, 5.41) is 2.77. The minimum atomic E-state index is -3.32. The molecule has 0 atom stereocenters. The molecular formula is C112H134Br3N3O19P4. The molecule has 0 aliphatic carbocycles. The molecule has 29 heteroatoms. The first-order valence-electron chi connectivity index (χ1n) is 46.9. The smallest absolute Gasteiger partial charge is 0.335 e. The second kappa shape index (κ2) is 65.4. The first-order chi connectivity index (χ1) is 68.7. The zero-order valence-electron chi connectivity index (χ0n) is 83.4. The summed E-state index contributed by atoms with van der Waals surface area (Å²) >= 11 is 10.4. The zero-order valence-corrected chi connectivity index (χ0v) is 91.7. The van der Waals surface area contributed by atoms with Crippen molar-refractivity contribution in [3.63, 3.8) is 0 Å². The SMILES string of the molecule is BrCc1cc(CBr)cc(CBr)c1.C1CCOC1.CCOCC.CCOP(=O)(Cc1cc(COP=O)cc(CP(=O)(OCC)OCC)c1)OCC.CCOP(OCC)OCC.COc1ccc(N(c2ccc(/C=C/c3cc(/C=C/c4ccc(N(c5ccc(OC)cc5)c5ccc(OC)cc5)cc4)cc(/C=C/c4ccc(N(c5ccc(OC)cc5)c5ccc(OC)cc5)cc4)c3)cc2)c2ccc(OC)cc2)cc1. The van der Waals surface area contributed by atoms with Gasteiger partial charge in [0.1, 0.15) is 34.5 Å². The third-order valence-electron chi connectivity index (χ3n) is 20.8. The van der Waals surface area contributed by atoms with Crippen LogP contribution in [0.5, 0.6) is 34.5 Å². The van der Waals surface area contributed by atoms with Crippen LogP contribution in [-0.4, -0.2) is 115 Å². The molecule has 0 unspecified atom stereocenters. The van der Waals surface area contributed by atoms with Gasteiger partial charge in [-0.2, -0.15) is 0 Å². The summed E-state index contributed by atoms with van der Waals surface area (Å²) in [5.74, 6) is 4.80. The van der Waals surface area contributed by atoms with Crippen LogP contribution in [0.4, 0.5) is 51.2 Å². The van der Waals surface area contributed by atoms with Gasteiger partial charge in [-0.1, -0.05) is 157 Å². The highest BCUT2D eigenvalue weighted by Crippen LogP contribution is 2.54. The van der Waals surface area contributed by atoms with Gasteiger partial charge in [0, 0.05) is 93.6 Å². The molecule has 1 saturated heterocycles. The standard InChI is InChI=1S/C72H63N3O6.C17H29O8P3.C9H9Br3.C6H15O3P.C4H8O.C4H10O/c1-76-67-37-25-61(26-38-67)73(62-27-39-68(77-2)40-28-62)58-19-13-52(14-20-58)7-10-55-49-56(11-8-53-15-21-59(22-16-53)74(63-29-41-69(78-3)42-30-63)64-31-43-70(79-4)44-32-64)51-57(50-55)12-9-54-17-23-60(24-18-54)75(65-33-45-71(80-5)46-34-65)66-35-47-72(81-6)48-36-66;1-5-22-27(19,23-6-2)13-16-9-15(12-21-26-18)10-17(11-16)14-28(20,24-7-3)25-8-4;10-4-7-1-8(5-11)3-9(2-7)6-12;1-4-7-10(8-5-2)9-6-3;1-2-4-5-3-1;1-3-5-4-2/h7-51H,1-6H3;9-11H,5-8,12-14H2,1-4H3;1-3H,4-6H2;4-6H2,1-3H3;1-4H2;3-4H2,1-2H3/b10-7+,11-8+,12-9+;;;;;. The third kappa shape index (κ3) is 40.0. The molecule has 12 aromatic carbocycles. The van der Waals surface area contributed by atoms with Gasteiger partial charge in [-0.25, -0.2) is 4.57 Å². The Bertz CT molecular complexity index is 5080. The lowest BCUT2D eigenvalue weighted by Crippen LogP contribution is -2.09. The van der Waals surface area contributed by atoms with Gasteiger partial charge in [-0.05, 0) is 342 Å². The van der Waals surface area contributed by atoms with Crippen LogP contribution in [0, 0.1) is 0 Å². The first-order valence-corrected chi connectivity index (χ1v) is 55.5. The van der Waals surface area contributed by atoms with Gasteiger partial charge in [-0.3, -0.25) is 13.7 Å². The Hall–Kier alpha value is -9.91. The van der Waals surface area contributed by atoms with E-state index < -0.39 is 32.5 Å². The maximum atomic E-state index is 12.9. The van der Waals surface area contributed by atoms with Crippen molar-refractivity contribution < 1.29 is 87.8 Å². The topological polar surface area (TPSA) is 209 Å². The Balaban J connectivity index is 0.000000325. The van der Waals surface area contributed by atoms with E-state index in [1.54, 1.807) is 88.6 Å². The molecule has 0 N–H and O–H groups in total. The lowest BCUT2D eigenvalue weighted by Gasteiger charge is -2.26. The Morgan fingerprint density at radius 2 is 0.518 bits per heavy atom. The van der Waals surface area contributed by atoms with Crippen LogP contribution in [0.15, 0.2) is 273 Å². The molecule has 0 amide bonds. The summed E-state index contributed by atoms with van der Waals surface area (Å²) in [7, 11) is 1.94. The fourth-order valence-corrected chi connectivity index (χ4v) is 19.8. The van der Waals surface area contributed by atoms with Crippen molar-refractivity contribution in [1.29, 1.82) is 0 Å². The quantitative estimate of drug-likeness (QED) is 0.0197. The molecule has 0 bridgehead atoms. The highest BCUT2D eigenvalue weighted by Gasteiger charge is 2.29. The predicted molar refractivity (Wildman–Crippen MR) is 592 cm³/mol. The van der Waals surface area contributed by atoms with Gasteiger partial charge in [0.25, 0.3) is 0 Å². The van der Waals surface area contributed by atoms with Crippen molar-refractivity contribution in [1.82, 2.24) is 0 Å². The van der Waals surface area contributed by atoms with E-state index in [0.29, 0.717) is 36.5 Å². The van der Waals surface area contributed by atoms with Crippen molar-refractivity contribution in [3.05, 3.63) is 340 Å². The number of methoxy groups -OCH3 is 6. The predicted octanol–water partition coefficient (Wildman–Crippen LogP) is 33.1. The van der Waals surface area contributed by atoms with Crippen LogP contribution in [0.3, 0.4) is 0 Å². The summed E-state index contributed by atoms with van der Waals surface area (Å²) in [4.78, 5) is 6.66. The van der Waals surface area contributed by atoms with Crippen LogP contribution in [0.2, 0.25) is 0 Å². The molecule has 0 radical (unpaired) electrons. The normalized spacial score (nSPS) is 11.7. The van der Waals surface area contributed by atoms with Gasteiger partial charge in [0.05, 0.1) is 108 Å². The molecule has 0 spiro atoms. The number of anilines is 9. The molecule has 1 aliphatic heterocycles. The fraction of sp³-hybridized carbons (Fsp3) is 0.304. The van der Waals surface area contributed by atoms with Gasteiger partial charge in [-0.15, -0.1) is 0 Å². The fourth-order valence-electron chi connectivity index (χ4n) is 14.4. The summed E-state index contributed by atoms with van der Waals surface area (Å²) in [6.45, 7) is 23.5. The van der Waals surface area contributed by atoms with E-state index in [2.05, 4.69) is 281 Å². The number of alkyl halides is 3. The van der Waals surface area contributed by atoms with Gasteiger partial charge >= 0.3 is 32.5 Å². The average Bonchev–Trinajstić information content (AvgIpc) is 1.66. The summed E-state index contributed by atoms with van der Waals surface area (Å²) in [6.07, 6.45) is 15.7. The molecule has 141 heavy (non-hydrogen) atoms. The molecular weight excluding hydrogens is 2050 g/mol. The minimum Gasteiger partial charge on any atom is -0.497 e. The molecule has 13 rings (SSSR count). The highest BCUT2D eigenvalue weighted by atomic mass is 79.9. The van der Waals surface area contributed by atoms with E-state index in [-0.39, 0.29) is 45.4 Å². The summed E-state index contributed by atoms with van der Waals surface area (Å²) in [5.41, 5.74) is 21.5. The Morgan fingerprint density at radius 1 is 0.298 bits per heavy atom. The monoisotopic (exact) mass is 2190 g/mol. The number of rotatable bonds is 47. The van der Waals surface area contributed by atoms with Crippen LogP contribution in [0.25, 0.3) is 36.5 Å². The maximum Gasteiger partial charge on any atom is 0.335 e. The molecule has 1 aliphatic rings. The van der Waals surface area contributed by atoms with Gasteiger partial charge in [0.15, 0.2) is 0 Å². The van der Waals surface area contributed by atoms with E-state index in [9.17, 15) is 13.7 Å². The van der Waals surface area contributed by atoms with E-state index in [1.165, 1.54) is 29.5 Å². The lowest BCUT2D eigenvalue weighted by atomic mass is 10.0. The molecule has 752 valence electrons. The number of nitrogens with zero attached hydrogens (tertiary/aromatic N) is 3. The van der Waals surface area contributed by atoms with Gasteiger partial charge < -0.3 is 84.3 Å². The molecule has 0 saturated carbocycles. The number of hydrogen-bond donors (Lipinski definition) is 0. The van der Waals surface area contributed by atoms with Crippen LogP contribution in [-0.2, 0) is 94.3 Å². The first kappa shape index (κ1) is 116. The van der Waals surface area contributed by atoms with Crippen molar-refractivity contribution in [2.75, 3.05) is 130 Å². The van der Waals surface area contributed by atoms with Crippen molar-refractivity contribution in [2.24, 2.45) is 0 Å². The zero-order chi connectivity index (χ0) is 101. The minimum absolute atomic E-state index is 0.0538. The molecule has 22 nitrogen and oxygen atoms in total. The van der Waals surface area contributed by atoms with Gasteiger partial charge in [0.2, 0.25) is 0 Å². The van der Waals surface area contributed by atoms with Crippen LogP contribution < -0.4 is 43.1 Å². The van der Waals surface area contributed by atoms with Crippen LogP contribution in [0.1, 0.15) is 142 Å². The van der Waals surface area contributed by atoms with Crippen molar-refractivity contribution >= 4 is 168 Å². The van der Waals surface area contributed by atoms with E-state index in [0.717, 1.165) is 161 Å². The summed E-state index contributed by atoms with van der Waals surface area (Å²) < 4.78 is 121. The maximum absolute atomic E-state index is 12.9. The molecule has 1 fully saturated rings. The third-order valence-corrected chi connectivity index (χ3v) is 28.5.